The van der Waals surface area contributed by atoms with Crippen molar-refractivity contribution in [1.29, 1.82) is 0 Å². The first-order chi connectivity index (χ1) is 8.25. The Morgan fingerprint density at radius 1 is 1.29 bits per heavy atom. The van der Waals surface area contributed by atoms with E-state index in [1.165, 1.54) is 24.0 Å². The van der Waals surface area contributed by atoms with Crippen LogP contribution in [0.4, 0.5) is 0 Å². The summed E-state index contributed by atoms with van der Waals surface area (Å²) in [6, 6.07) is 9.79. The molecule has 1 N–H and O–H groups in total. The summed E-state index contributed by atoms with van der Waals surface area (Å²) in [5.41, 5.74) is 2.72. The van der Waals surface area contributed by atoms with Gasteiger partial charge in [0.15, 0.2) is 0 Å². The molecule has 2 heteroatoms. The minimum Gasteiger partial charge on any atom is -0.381 e. The first-order valence-corrected chi connectivity index (χ1v) is 6.66. The van der Waals surface area contributed by atoms with E-state index in [0.717, 1.165) is 19.6 Å². The highest BCUT2D eigenvalue weighted by Crippen LogP contribution is 2.17. The van der Waals surface area contributed by atoms with Crippen LogP contribution in [0, 0.1) is 6.92 Å². The van der Waals surface area contributed by atoms with Crippen LogP contribution in [0.1, 0.15) is 43.4 Å². The summed E-state index contributed by atoms with van der Waals surface area (Å²) in [5.74, 6) is 0. The molecule has 1 unspecified atom stereocenters. The lowest BCUT2D eigenvalue weighted by Crippen LogP contribution is -2.31. The molecule has 1 aromatic rings. The molecule has 2 nitrogen and oxygen atoms in total. The Morgan fingerprint density at radius 2 is 2.18 bits per heavy atom. The van der Waals surface area contributed by atoms with E-state index >= 15 is 0 Å². The van der Waals surface area contributed by atoms with E-state index in [1.807, 2.05) is 0 Å². The van der Waals surface area contributed by atoms with Gasteiger partial charge in [0, 0.05) is 25.3 Å². The second-order valence-electron chi connectivity index (χ2n) is 5.04. The molecule has 1 fully saturated rings. The van der Waals surface area contributed by atoms with Crippen LogP contribution in [0.25, 0.3) is 0 Å². The third kappa shape index (κ3) is 3.83. The van der Waals surface area contributed by atoms with E-state index in [0.29, 0.717) is 12.1 Å². The van der Waals surface area contributed by atoms with Crippen LogP contribution in [0.15, 0.2) is 24.3 Å². The summed E-state index contributed by atoms with van der Waals surface area (Å²) in [4.78, 5) is 0. The molecule has 1 aliphatic rings. The normalized spacial score (nSPS) is 23.1. The Bertz CT molecular complexity index is 343. The van der Waals surface area contributed by atoms with Crippen molar-refractivity contribution < 1.29 is 4.74 Å². The second kappa shape index (κ2) is 6.18. The fourth-order valence-electron chi connectivity index (χ4n) is 2.46. The van der Waals surface area contributed by atoms with Gasteiger partial charge in [-0.25, -0.2) is 0 Å². The van der Waals surface area contributed by atoms with Gasteiger partial charge in [0.2, 0.25) is 0 Å². The number of hydrogen-bond acceptors (Lipinski definition) is 2. The van der Waals surface area contributed by atoms with Crippen LogP contribution in [0.5, 0.6) is 0 Å². The maximum Gasteiger partial charge on any atom is 0.0480 e. The smallest absolute Gasteiger partial charge is 0.0480 e. The number of benzene rings is 1. The Hall–Kier alpha value is -0.860. The van der Waals surface area contributed by atoms with E-state index in [9.17, 15) is 0 Å². The lowest BCUT2D eigenvalue weighted by molar-refractivity contribution is 0.142. The molecule has 1 heterocycles. The van der Waals surface area contributed by atoms with E-state index in [4.69, 9.17) is 4.74 Å². The monoisotopic (exact) mass is 233 g/mol. The average Bonchev–Trinajstić information content (AvgIpc) is 2.57. The van der Waals surface area contributed by atoms with Crippen molar-refractivity contribution in [2.24, 2.45) is 0 Å². The Morgan fingerprint density at radius 3 is 3.00 bits per heavy atom. The number of hydrogen-bond donors (Lipinski definition) is 1. The predicted octanol–water partition coefficient (Wildman–Crippen LogP) is 3.21. The molecule has 2 atom stereocenters. The molecule has 1 aliphatic heterocycles. The van der Waals surface area contributed by atoms with Gasteiger partial charge in [-0.15, -0.1) is 0 Å². The van der Waals surface area contributed by atoms with E-state index in [2.05, 4.69) is 43.4 Å². The van der Waals surface area contributed by atoms with Gasteiger partial charge in [-0.2, -0.15) is 0 Å². The van der Waals surface area contributed by atoms with Crippen molar-refractivity contribution >= 4 is 0 Å². The zero-order valence-corrected chi connectivity index (χ0v) is 10.9. The van der Waals surface area contributed by atoms with E-state index in [-0.39, 0.29) is 0 Å². The highest BCUT2D eigenvalue weighted by atomic mass is 16.5. The molecule has 94 valence electrons. The zero-order valence-electron chi connectivity index (χ0n) is 10.9. The largest absolute Gasteiger partial charge is 0.381 e. The minimum absolute atomic E-state index is 0.429. The maximum absolute atomic E-state index is 5.49. The summed E-state index contributed by atoms with van der Waals surface area (Å²) >= 11 is 0. The summed E-state index contributed by atoms with van der Waals surface area (Å²) in [6.45, 7) is 6.23. The highest BCUT2D eigenvalue weighted by molar-refractivity contribution is 5.24. The van der Waals surface area contributed by atoms with Gasteiger partial charge in [0.1, 0.15) is 0 Å². The molecule has 0 aliphatic carbocycles. The standard InChI is InChI=1S/C15H23NO/c1-12-5-3-6-14(11-12)13(2)16-15-7-4-9-17-10-8-15/h3,5-6,11,13,15-16H,4,7-10H2,1-2H3/t13-,15?/m1/s1. The van der Waals surface area contributed by atoms with Gasteiger partial charge >= 0.3 is 0 Å². The molecule has 0 amide bonds. The number of aryl methyl sites for hydroxylation is 1. The van der Waals surface area contributed by atoms with E-state index < -0.39 is 0 Å². The molecule has 0 radical (unpaired) electrons. The van der Waals surface area contributed by atoms with Crippen LogP contribution in [0.2, 0.25) is 0 Å². The predicted molar refractivity (Wildman–Crippen MR) is 71.2 cm³/mol. The van der Waals surface area contributed by atoms with Crippen molar-refractivity contribution in [3.05, 3.63) is 35.4 Å². The Kier molecular flexibility index (Phi) is 4.57. The summed E-state index contributed by atoms with van der Waals surface area (Å²) < 4.78 is 5.49. The van der Waals surface area contributed by atoms with Gasteiger partial charge in [-0.05, 0) is 38.7 Å². The quantitative estimate of drug-likeness (QED) is 0.865. The van der Waals surface area contributed by atoms with Gasteiger partial charge in [0.05, 0.1) is 0 Å². The lowest BCUT2D eigenvalue weighted by atomic mass is 10.0. The molecule has 17 heavy (non-hydrogen) atoms. The van der Waals surface area contributed by atoms with Gasteiger partial charge in [0.25, 0.3) is 0 Å². The second-order valence-corrected chi connectivity index (χ2v) is 5.04. The zero-order chi connectivity index (χ0) is 12.1. The molecular weight excluding hydrogens is 210 g/mol. The average molecular weight is 233 g/mol. The van der Waals surface area contributed by atoms with Crippen molar-refractivity contribution in [3.63, 3.8) is 0 Å². The SMILES string of the molecule is Cc1cccc([C@@H](C)NC2CCCOCC2)c1. The Labute approximate surface area is 104 Å². The first kappa shape index (κ1) is 12.6. The Balaban J connectivity index is 1.93. The number of ether oxygens (including phenoxy) is 1. The van der Waals surface area contributed by atoms with Crippen molar-refractivity contribution in [1.82, 2.24) is 5.32 Å². The van der Waals surface area contributed by atoms with E-state index in [1.54, 1.807) is 0 Å². The third-order valence-corrected chi connectivity index (χ3v) is 3.48. The number of nitrogens with one attached hydrogen (secondary N) is 1. The van der Waals surface area contributed by atoms with Gasteiger partial charge < -0.3 is 10.1 Å². The molecule has 1 aromatic carbocycles. The summed E-state index contributed by atoms with van der Waals surface area (Å²) in [5, 5.41) is 3.72. The molecule has 0 aromatic heterocycles. The third-order valence-electron chi connectivity index (χ3n) is 3.48. The van der Waals surface area contributed by atoms with Crippen LogP contribution < -0.4 is 5.32 Å². The van der Waals surface area contributed by atoms with Crippen molar-refractivity contribution in [2.45, 2.75) is 45.2 Å². The molecule has 0 bridgehead atoms. The van der Waals surface area contributed by atoms with Crippen LogP contribution in [0.3, 0.4) is 0 Å². The summed E-state index contributed by atoms with van der Waals surface area (Å²) in [6.07, 6.45) is 3.55. The fourth-order valence-corrected chi connectivity index (χ4v) is 2.46. The molecule has 1 saturated heterocycles. The van der Waals surface area contributed by atoms with Crippen molar-refractivity contribution in [2.75, 3.05) is 13.2 Å². The number of rotatable bonds is 3. The maximum atomic E-state index is 5.49. The molecule has 0 spiro atoms. The van der Waals surface area contributed by atoms with Gasteiger partial charge in [-0.3, -0.25) is 0 Å². The van der Waals surface area contributed by atoms with Crippen LogP contribution in [-0.4, -0.2) is 19.3 Å². The fraction of sp³-hybridized carbons (Fsp3) is 0.600. The summed E-state index contributed by atoms with van der Waals surface area (Å²) in [7, 11) is 0. The molecule has 0 saturated carbocycles. The lowest BCUT2D eigenvalue weighted by Gasteiger charge is -2.22. The van der Waals surface area contributed by atoms with Crippen LogP contribution >= 0.6 is 0 Å². The first-order valence-electron chi connectivity index (χ1n) is 6.66. The van der Waals surface area contributed by atoms with Gasteiger partial charge in [-0.1, -0.05) is 29.8 Å². The minimum atomic E-state index is 0.429. The molecular formula is C15H23NO. The topological polar surface area (TPSA) is 21.3 Å². The highest BCUT2D eigenvalue weighted by Gasteiger charge is 2.15. The van der Waals surface area contributed by atoms with Crippen LogP contribution in [-0.2, 0) is 4.74 Å². The van der Waals surface area contributed by atoms with Crippen molar-refractivity contribution in [3.8, 4) is 0 Å². The molecule has 2 rings (SSSR count).